The average Bonchev–Trinajstić information content (AvgIpc) is 2.90. The third-order valence-corrected chi connectivity index (χ3v) is 4.67. The van der Waals surface area contributed by atoms with Crippen LogP contribution in [0.3, 0.4) is 0 Å². The summed E-state index contributed by atoms with van der Waals surface area (Å²) in [4.78, 5) is 14.9. The van der Waals surface area contributed by atoms with Gasteiger partial charge in [0.05, 0.1) is 15.1 Å². The molecule has 6 heteroatoms. The van der Waals surface area contributed by atoms with Crippen LogP contribution in [0.5, 0.6) is 0 Å². The van der Waals surface area contributed by atoms with Gasteiger partial charge in [-0.3, -0.25) is 10.1 Å². The van der Waals surface area contributed by atoms with Crippen LogP contribution >= 0.6 is 11.3 Å². The molecular formula is C15H17N3O2S. The lowest BCUT2D eigenvalue weighted by Crippen LogP contribution is -2.03. The molecule has 0 unspecified atom stereocenters. The van der Waals surface area contributed by atoms with Crippen molar-refractivity contribution in [3.63, 3.8) is 0 Å². The molecule has 21 heavy (non-hydrogen) atoms. The van der Waals surface area contributed by atoms with Crippen LogP contribution < -0.4 is 5.32 Å². The minimum atomic E-state index is -0.373. The Morgan fingerprint density at radius 1 is 1.38 bits per heavy atom. The zero-order valence-corrected chi connectivity index (χ0v) is 12.5. The standard InChI is InChI=1S/C15H17N3O2S/c19-18(20)12-6-7-13-14(10-12)21-15(17-13)16-9-8-11-4-2-1-3-5-11/h4,6-7,10H,1-3,5,8-9H2,(H,16,17). The Labute approximate surface area is 126 Å². The molecule has 5 nitrogen and oxygen atoms in total. The van der Waals surface area contributed by atoms with E-state index in [1.807, 2.05) is 0 Å². The maximum Gasteiger partial charge on any atom is 0.270 e. The molecule has 0 fully saturated rings. The topological polar surface area (TPSA) is 68.1 Å². The van der Waals surface area contributed by atoms with Gasteiger partial charge in [0.15, 0.2) is 5.13 Å². The molecule has 2 aromatic rings. The van der Waals surface area contributed by atoms with E-state index in [1.54, 1.807) is 12.1 Å². The summed E-state index contributed by atoms with van der Waals surface area (Å²) < 4.78 is 0.851. The van der Waals surface area contributed by atoms with Crippen molar-refractivity contribution < 1.29 is 4.92 Å². The van der Waals surface area contributed by atoms with E-state index in [1.165, 1.54) is 48.7 Å². The van der Waals surface area contributed by atoms with Crippen LogP contribution in [-0.2, 0) is 0 Å². The molecule has 1 aliphatic rings. The SMILES string of the molecule is O=[N+]([O-])c1ccc2nc(NCCC3=CCCCC3)sc2c1. The molecule has 0 bridgehead atoms. The summed E-state index contributed by atoms with van der Waals surface area (Å²) in [6.45, 7) is 0.869. The van der Waals surface area contributed by atoms with E-state index in [9.17, 15) is 10.1 Å². The normalized spacial score (nSPS) is 15.0. The van der Waals surface area contributed by atoms with Crippen molar-refractivity contribution >= 4 is 32.4 Å². The molecule has 3 rings (SSSR count). The first-order valence-electron chi connectivity index (χ1n) is 7.19. The van der Waals surface area contributed by atoms with Crippen LogP contribution in [0.4, 0.5) is 10.8 Å². The third-order valence-electron chi connectivity index (χ3n) is 3.69. The van der Waals surface area contributed by atoms with Gasteiger partial charge in [0.2, 0.25) is 0 Å². The van der Waals surface area contributed by atoms with E-state index in [0.29, 0.717) is 0 Å². The molecule has 0 amide bonds. The fraction of sp³-hybridized carbons (Fsp3) is 0.400. The molecule has 1 aliphatic carbocycles. The van der Waals surface area contributed by atoms with Gasteiger partial charge >= 0.3 is 0 Å². The molecule has 1 aromatic carbocycles. The van der Waals surface area contributed by atoms with Crippen molar-refractivity contribution in [2.45, 2.75) is 32.1 Å². The molecule has 1 aromatic heterocycles. The molecule has 0 atom stereocenters. The summed E-state index contributed by atoms with van der Waals surface area (Å²) in [5.74, 6) is 0. The number of allylic oxidation sites excluding steroid dienone is 1. The lowest BCUT2D eigenvalue weighted by molar-refractivity contribution is -0.384. The van der Waals surface area contributed by atoms with Crippen LogP contribution in [0.2, 0.25) is 0 Å². The minimum Gasteiger partial charge on any atom is -0.361 e. The Bertz CT molecular complexity index is 693. The quantitative estimate of drug-likeness (QED) is 0.501. The zero-order chi connectivity index (χ0) is 14.7. The van der Waals surface area contributed by atoms with Crippen molar-refractivity contribution in [1.82, 2.24) is 4.98 Å². The van der Waals surface area contributed by atoms with Gasteiger partial charge in [0.25, 0.3) is 5.69 Å². The predicted molar refractivity (Wildman–Crippen MR) is 85.9 cm³/mol. The van der Waals surface area contributed by atoms with Crippen LogP contribution in [0.1, 0.15) is 32.1 Å². The number of benzene rings is 1. The Morgan fingerprint density at radius 2 is 2.29 bits per heavy atom. The lowest BCUT2D eigenvalue weighted by Gasteiger charge is -2.12. The zero-order valence-electron chi connectivity index (χ0n) is 11.7. The van der Waals surface area contributed by atoms with Crippen LogP contribution in [0.25, 0.3) is 10.2 Å². The summed E-state index contributed by atoms with van der Waals surface area (Å²) in [6.07, 6.45) is 8.45. The fourth-order valence-electron chi connectivity index (χ4n) is 2.56. The largest absolute Gasteiger partial charge is 0.361 e. The Hall–Kier alpha value is -1.95. The number of fused-ring (bicyclic) bond motifs is 1. The highest BCUT2D eigenvalue weighted by atomic mass is 32.1. The Balaban J connectivity index is 1.64. The summed E-state index contributed by atoms with van der Waals surface area (Å²) in [7, 11) is 0. The number of nitrogens with one attached hydrogen (secondary N) is 1. The summed E-state index contributed by atoms with van der Waals surface area (Å²) in [6, 6.07) is 4.79. The number of nitrogens with zero attached hydrogens (tertiary/aromatic N) is 2. The monoisotopic (exact) mass is 303 g/mol. The highest BCUT2D eigenvalue weighted by Crippen LogP contribution is 2.29. The van der Waals surface area contributed by atoms with E-state index in [-0.39, 0.29) is 10.6 Å². The first kappa shape index (κ1) is 14.0. The van der Waals surface area contributed by atoms with Crippen LogP contribution in [0.15, 0.2) is 29.8 Å². The number of hydrogen-bond donors (Lipinski definition) is 1. The fourth-order valence-corrected chi connectivity index (χ4v) is 3.49. The molecular weight excluding hydrogens is 286 g/mol. The van der Waals surface area contributed by atoms with E-state index in [0.717, 1.165) is 28.3 Å². The maximum atomic E-state index is 10.8. The Morgan fingerprint density at radius 3 is 3.05 bits per heavy atom. The molecule has 1 heterocycles. The first-order chi connectivity index (χ1) is 10.2. The molecule has 0 radical (unpaired) electrons. The predicted octanol–water partition coefficient (Wildman–Crippen LogP) is 4.51. The first-order valence-corrected chi connectivity index (χ1v) is 8.01. The smallest absolute Gasteiger partial charge is 0.270 e. The van der Waals surface area contributed by atoms with Crippen molar-refractivity contribution in [1.29, 1.82) is 0 Å². The summed E-state index contributed by atoms with van der Waals surface area (Å²) in [5, 5.41) is 14.9. The van der Waals surface area contributed by atoms with Gasteiger partial charge in [-0.05, 0) is 38.2 Å². The van der Waals surface area contributed by atoms with Gasteiger partial charge < -0.3 is 5.32 Å². The van der Waals surface area contributed by atoms with Gasteiger partial charge in [-0.15, -0.1) is 0 Å². The van der Waals surface area contributed by atoms with E-state index < -0.39 is 0 Å². The number of aromatic nitrogens is 1. The number of thiazole rings is 1. The number of non-ortho nitro benzene ring substituents is 1. The van der Waals surface area contributed by atoms with E-state index >= 15 is 0 Å². The molecule has 1 N–H and O–H groups in total. The van der Waals surface area contributed by atoms with Gasteiger partial charge in [-0.1, -0.05) is 23.0 Å². The second kappa shape index (κ2) is 6.22. The Kier molecular flexibility index (Phi) is 4.15. The van der Waals surface area contributed by atoms with Gasteiger partial charge in [-0.2, -0.15) is 0 Å². The summed E-state index contributed by atoms with van der Waals surface area (Å²) >= 11 is 1.47. The second-order valence-electron chi connectivity index (χ2n) is 5.21. The number of nitro groups is 1. The van der Waals surface area contributed by atoms with Crippen molar-refractivity contribution in [3.8, 4) is 0 Å². The van der Waals surface area contributed by atoms with Crippen molar-refractivity contribution in [3.05, 3.63) is 40.0 Å². The molecule has 0 spiro atoms. The van der Waals surface area contributed by atoms with E-state index in [4.69, 9.17) is 0 Å². The van der Waals surface area contributed by atoms with Gasteiger partial charge in [0, 0.05) is 18.7 Å². The second-order valence-corrected chi connectivity index (χ2v) is 6.24. The molecule has 0 saturated heterocycles. The van der Waals surface area contributed by atoms with Crippen LogP contribution in [-0.4, -0.2) is 16.5 Å². The van der Waals surface area contributed by atoms with Gasteiger partial charge in [0.1, 0.15) is 0 Å². The van der Waals surface area contributed by atoms with Crippen molar-refractivity contribution in [2.24, 2.45) is 0 Å². The van der Waals surface area contributed by atoms with E-state index in [2.05, 4.69) is 16.4 Å². The maximum absolute atomic E-state index is 10.8. The number of anilines is 1. The molecule has 0 aliphatic heterocycles. The number of rotatable bonds is 5. The number of nitro benzene ring substituents is 1. The highest BCUT2D eigenvalue weighted by Gasteiger charge is 2.10. The molecule has 110 valence electrons. The molecule has 0 saturated carbocycles. The third kappa shape index (κ3) is 3.39. The summed E-state index contributed by atoms with van der Waals surface area (Å²) in [5.41, 5.74) is 2.46. The average molecular weight is 303 g/mol. The van der Waals surface area contributed by atoms with Gasteiger partial charge in [-0.25, -0.2) is 4.98 Å². The lowest BCUT2D eigenvalue weighted by atomic mass is 9.97. The number of hydrogen-bond acceptors (Lipinski definition) is 5. The highest BCUT2D eigenvalue weighted by molar-refractivity contribution is 7.22. The minimum absolute atomic E-state index is 0.116. The van der Waals surface area contributed by atoms with Crippen molar-refractivity contribution in [2.75, 3.05) is 11.9 Å². The van der Waals surface area contributed by atoms with Crippen LogP contribution in [0, 0.1) is 10.1 Å².